The van der Waals surface area contributed by atoms with E-state index in [0.717, 1.165) is 31.4 Å². The largest absolute Gasteiger partial charge is 0.493 e. The molecule has 146 valence electrons. The number of carbonyl (C=O) groups excluding carboxylic acids is 2. The van der Waals surface area contributed by atoms with Gasteiger partial charge in [-0.15, -0.1) is 0 Å². The van der Waals surface area contributed by atoms with E-state index in [2.05, 4.69) is 15.0 Å². The molecule has 0 aliphatic rings. The van der Waals surface area contributed by atoms with Crippen molar-refractivity contribution < 1.29 is 36.6 Å². The van der Waals surface area contributed by atoms with Gasteiger partial charge in [-0.1, -0.05) is 11.3 Å². The van der Waals surface area contributed by atoms with E-state index < -0.39 is 35.2 Å². The van der Waals surface area contributed by atoms with Crippen molar-refractivity contribution in [3.8, 4) is 17.0 Å². The Morgan fingerprint density at radius 1 is 1.26 bits per heavy atom. The van der Waals surface area contributed by atoms with Crippen molar-refractivity contribution in [1.82, 2.24) is 4.98 Å². The minimum absolute atomic E-state index is 0.0444. The molecule has 0 spiro atoms. The first kappa shape index (κ1) is 20.6. The van der Waals surface area contributed by atoms with Crippen LogP contribution in [0, 0.1) is 5.82 Å². The van der Waals surface area contributed by atoms with Crippen molar-refractivity contribution >= 4 is 28.3 Å². The number of methoxy groups -OCH3 is 1. The number of esters is 1. The van der Waals surface area contributed by atoms with Crippen molar-refractivity contribution in [1.29, 1.82) is 0 Å². The lowest BCUT2D eigenvalue weighted by atomic mass is 10.1. The summed E-state index contributed by atoms with van der Waals surface area (Å²) in [6.45, 7) is 2.09. The summed E-state index contributed by atoms with van der Waals surface area (Å²) in [6.07, 6.45) is -4.87. The highest BCUT2D eigenvalue weighted by Crippen LogP contribution is 2.42. The van der Waals surface area contributed by atoms with Crippen LogP contribution in [-0.4, -0.2) is 24.0 Å². The Bertz CT molecular complexity index is 880. The molecule has 0 aliphatic heterocycles. The second-order valence-corrected chi connectivity index (χ2v) is 6.37. The summed E-state index contributed by atoms with van der Waals surface area (Å²) in [5.41, 5.74) is -1.56. The van der Waals surface area contributed by atoms with Crippen molar-refractivity contribution in [2.45, 2.75) is 26.6 Å². The van der Waals surface area contributed by atoms with Gasteiger partial charge in [0.2, 0.25) is 5.91 Å². The number of hydrogen-bond donors (Lipinski definition) is 1. The number of nitrogens with zero attached hydrogens (tertiary/aromatic N) is 1. The highest BCUT2D eigenvalue weighted by atomic mass is 32.1. The number of ether oxygens (including phenoxy) is 2. The van der Waals surface area contributed by atoms with Gasteiger partial charge in [0, 0.05) is 19.4 Å². The molecule has 1 heterocycles. The Kier molecular flexibility index (Phi) is 6.04. The summed E-state index contributed by atoms with van der Waals surface area (Å²) in [5, 5.41) is 2.47. The van der Waals surface area contributed by atoms with Crippen LogP contribution in [0.2, 0.25) is 0 Å². The van der Waals surface area contributed by atoms with E-state index in [0.29, 0.717) is 6.07 Å². The number of anilines is 1. The first-order valence-electron chi connectivity index (χ1n) is 7.38. The molecule has 0 saturated carbocycles. The van der Waals surface area contributed by atoms with Crippen molar-refractivity contribution in [2.24, 2.45) is 0 Å². The first-order valence-corrected chi connectivity index (χ1v) is 8.20. The molecule has 0 atom stereocenters. The molecular weight excluding hydrogens is 392 g/mol. The van der Waals surface area contributed by atoms with Crippen LogP contribution < -0.4 is 10.1 Å². The lowest BCUT2D eigenvalue weighted by molar-refractivity contribution is -0.142. The molecule has 0 bridgehead atoms. The third-order valence-electron chi connectivity index (χ3n) is 3.21. The molecule has 1 aromatic carbocycles. The lowest BCUT2D eigenvalue weighted by Gasteiger charge is -2.14. The van der Waals surface area contributed by atoms with Crippen molar-refractivity contribution in [2.75, 3.05) is 12.4 Å². The number of benzene rings is 1. The van der Waals surface area contributed by atoms with Crippen LogP contribution in [0.4, 0.5) is 22.7 Å². The zero-order valence-corrected chi connectivity index (χ0v) is 15.2. The minimum atomic E-state index is -4.87. The molecule has 1 N–H and O–H groups in total. The standard InChI is InChI=1S/C16H14F4N2O4S/c1-7(23)21-15-22-13(12(27-15)6-26-8(2)24)9-4-10(16(18,19)20)14(25-3)11(17)5-9/h4-5H,6H2,1-3H3,(H,21,22,23). The summed E-state index contributed by atoms with van der Waals surface area (Å²) >= 11 is 0.899. The fourth-order valence-corrected chi connectivity index (χ4v) is 3.14. The fourth-order valence-electron chi connectivity index (χ4n) is 2.19. The number of amides is 1. The summed E-state index contributed by atoms with van der Waals surface area (Å²) in [6, 6.07) is 1.52. The third kappa shape index (κ3) is 4.94. The SMILES string of the molecule is COc1c(F)cc(-c2nc(NC(C)=O)sc2COC(C)=O)cc1C(F)(F)F. The summed E-state index contributed by atoms with van der Waals surface area (Å²) in [5.74, 6) is -3.24. The monoisotopic (exact) mass is 406 g/mol. The van der Waals surface area contributed by atoms with E-state index in [4.69, 9.17) is 4.74 Å². The molecule has 2 aromatic rings. The van der Waals surface area contributed by atoms with Gasteiger partial charge < -0.3 is 14.8 Å². The Balaban J connectivity index is 2.61. The molecule has 1 amide bonds. The normalized spacial score (nSPS) is 11.2. The van der Waals surface area contributed by atoms with Gasteiger partial charge in [-0.25, -0.2) is 9.37 Å². The van der Waals surface area contributed by atoms with Gasteiger partial charge >= 0.3 is 12.1 Å². The maximum Gasteiger partial charge on any atom is 0.420 e. The number of halogens is 4. The number of aromatic nitrogens is 1. The predicted molar refractivity (Wildman–Crippen MR) is 88.8 cm³/mol. The maximum atomic E-state index is 14.2. The molecule has 2 rings (SSSR count). The van der Waals surface area contributed by atoms with E-state index in [1.54, 1.807) is 0 Å². The van der Waals surface area contributed by atoms with Gasteiger partial charge in [-0.2, -0.15) is 13.2 Å². The average Bonchev–Trinajstić information content (AvgIpc) is 2.93. The zero-order valence-electron chi connectivity index (χ0n) is 14.4. The Labute approximate surface area is 155 Å². The molecule has 0 radical (unpaired) electrons. The number of nitrogens with one attached hydrogen (secondary N) is 1. The van der Waals surface area contributed by atoms with Gasteiger partial charge in [0.1, 0.15) is 12.2 Å². The number of hydrogen-bond acceptors (Lipinski definition) is 6. The molecule has 1 aromatic heterocycles. The Morgan fingerprint density at radius 3 is 2.44 bits per heavy atom. The quantitative estimate of drug-likeness (QED) is 0.600. The molecule has 0 saturated heterocycles. The highest BCUT2D eigenvalue weighted by Gasteiger charge is 2.37. The van der Waals surface area contributed by atoms with Gasteiger partial charge in [0.15, 0.2) is 16.7 Å². The number of alkyl halides is 3. The third-order valence-corrected chi connectivity index (χ3v) is 4.16. The lowest BCUT2D eigenvalue weighted by Crippen LogP contribution is -2.09. The number of rotatable bonds is 5. The van der Waals surface area contributed by atoms with E-state index in [-0.39, 0.29) is 27.9 Å². The van der Waals surface area contributed by atoms with Crippen LogP contribution in [0.3, 0.4) is 0 Å². The van der Waals surface area contributed by atoms with Crippen molar-refractivity contribution in [3.05, 3.63) is 28.4 Å². The summed E-state index contributed by atoms with van der Waals surface area (Å²) < 4.78 is 63.3. The second-order valence-electron chi connectivity index (χ2n) is 5.29. The Hall–Kier alpha value is -2.69. The van der Waals surface area contributed by atoms with Gasteiger partial charge in [-0.05, 0) is 12.1 Å². The Morgan fingerprint density at radius 2 is 1.93 bits per heavy atom. The van der Waals surface area contributed by atoms with Crippen molar-refractivity contribution in [3.63, 3.8) is 0 Å². The number of carbonyl (C=O) groups is 2. The maximum absolute atomic E-state index is 14.2. The van der Waals surface area contributed by atoms with E-state index in [1.807, 2.05) is 0 Å². The topological polar surface area (TPSA) is 77.5 Å². The smallest absolute Gasteiger partial charge is 0.420 e. The van der Waals surface area contributed by atoms with E-state index in [1.165, 1.54) is 6.92 Å². The zero-order chi connectivity index (χ0) is 20.4. The fraction of sp³-hybridized carbons (Fsp3) is 0.312. The van der Waals surface area contributed by atoms with Crippen LogP contribution in [0.15, 0.2) is 12.1 Å². The highest BCUT2D eigenvalue weighted by molar-refractivity contribution is 7.16. The number of thiazole rings is 1. The molecule has 6 nitrogen and oxygen atoms in total. The van der Waals surface area contributed by atoms with Gasteiger partial charge in [-0.3, -0.25) is 9.59 Å². The van der Waals surface area contributed by atoms with E-state index in [9.17, 15) is 27.2 Å². The second kappa shape index (κ2) is 7.91. The molecule has 11 heteroatoms. The van der Waals surface area contributed by atoms with Crippen LogP contribution in [0.5, 0.6) is 5.75 Å². The molecule has 0 unspecified atom stereocenters. The summed E-state index contributed by atoms with van der Waals surface area (Å²) in [4.78, 5) is 26.5. The van der Waals surface area contributed by atoms with Crippen LogP contribution in [-0.2, 0) is 27.1 Å². The van der Waals surface area contributed by atoms with Gasteiger partial charge in [0.05, 0.1) is 17.7 Å². The van der Waals surface area contributed by atoms with Crippen LogP contribution >= 0.6 is 11.3 Å². The predicted octanol–water partition coefficient (Wildman–Crippen LogP) is 4.00. The van der Waals surface area contributed by atoms with Crippen LogP contribution in [0.25, 0.3) is 11.3 Å². The average molecular weight is 406 g/mol. The van der Waals surface area contributed by atoms with Crippen LogP contribution in [0.1, 0.15) is 24.3 Å². The molecule has 27 heavy (non-hydrogen) atoms. The summed E-state index contributed by atoms with van der Waals surface area (Å²) in [7, 11) is 0.928. The van der Waals surface area contributed by atoms with E-state index >= 15 is 0 Å². The molecular formula is C16H14F4N2O4S. The minimum Gasteiger partial charge on any atom is -0.493 e. The first-order chi connectivity index (χ1) is 12.5. The molecule has 0 fully saturated rings. The van der Waals surface area contributed by atoms with Gasteiger partial charge in [0.25, 0.3) is 0 Å². The molecule has 0 aliphatic carbocycles.